The zero-order valence-corrected chi connectivity index (χ0v) is 12.5. The molecular weight excluding hydrogens is 302 g/mol. The lowest BCUT2D eigenvalue weighted by Gasteiger charge is -2.20. The molecule has 23 heavy (non-hydrogen) atoms. The molecule has 0 spiro atoms. The molecule has 1 unspecified atom stereocenters. The second kappa shape index (κ2) is 7.67. The van der Waals surface area contributed by atoms with E-state index in [1.165, 1.54) is 6.08 Å². The van der Waals surface area contributed by atoms with Crippen LogP contribution in [0.25, 0.3) is 0 Å². The average Bonchev–Trinajstić information content (AvgIpc) is 2.75. The largest absolute Gasteiger partial charge is 0.458 e. The van der Waals surface area contributed by atoms with Crippen molar-refractivity contribution in [3.8, 4) is 0 Å². The van der Waals surface area contributed by atoms with E-state index in [9.17, 15) is 25.2 Å². The van der Waals surface area contributed by atoms with Gasteiger partial charge in [0.25, 0.3) is 0 Å². The Balaban J connectivity index is 1.92. The molecule has 1 saturated carbocycles. The Morgan fingerprint density at radius 1 is 1.09 bits per heavy atom. The second-order valence-corrected chi connectivity index (χ2v) is 5.45. The van der Waals surface area contributed by atoms with E-state index in [4.69, 9.17) is 4.74 Å². The van der Waals surface area contributed by atoms with Gasteiger partial charge in [0.2, 0.25) is 0 Å². The van der Waals surface area contributed by atoms with Gasteiger partial charge in [0.15, 0.2) is 0 Å². The summed E-state index contributed by atoms with van der Waals surface area (Å²) in [5.74, 6) is -0.447. The van der Waals surface area contributed by atoms with Crippen molar-refractivity contribution in [2.75, 3.05) is 6.61 Å². The number of carbonyl (C=O) groups is 1. The highest BCUT2D eigenvalue weighted by Crippen LogP contribution is 2.22. The van der Waals surface area contributed by atoms with Gasteiger partial charge < -0.3 is 30.5 Å². The minimum absolute atomic E-state index is 0.143. The van der Waals surface area contributed by atoms with Gasteiger partial charge in [-0.3, -0.25) is 0 Å². The van der Waals surface area contributed by atoms with E-state index in [0.717, 1.165) is 5.56 Å². The number of rotatable bonds is 6. The van der Waals surface area contributed by atoms with Crippen molar-refractivity contribution >= 4 is 5.97 Å². The first-order valence-electron chi connectivity index (χ1n) is 7.28. The molecule has 0 heterocycles. The van der Waals surface area contributed by atoms with Gasteiger partial charge in [-0.05, 0) is 17.7 Å². The molecule has 1 aromatic rings. The van der Waals surface area contributed by atoms with Crippen molar-refractivity contribution in [3.63, 3.8) is 0 Å². The Bertz CT molecular complexity index is 532. The number of hydrogen-bond acceptors (Lipinski definition) is 7. The number of hydrogen-bond donors (Lipinski definition) is 5. The lowest BCUT2D eigenvalue weighted by atomic mass is 10.1. The average molecular weight is 323 g/mol. The Kier molecular flexibility index (Phi) is 5.86. The van der Waals surface area contributed by atoms with Crippen LogP contribution in [0.2, 0.25) is 0 Å². The molecule has 1 aromatic carbocycles. The molecule has 5 N–H and O–H groups in total. The molecule has 0 aliphatic heterocycles. The topological polar surface area (TPSA) is 119 Å². The summed E-state index contributed by atoms with van der Waals surface area (Å²) in [7, 11) is 0. The van der Waals surface area contributed by atoms with E-state index >= 15 is 0 Å². The van der Waals surface area contributed by atoms with Crippen LogP contribution in [0.5, 0.6) is 0 Å². The van der Waals surface area contributed by atoms with E-state index in [1.807, 2.05) is 0 Å². The van der Waals surface area contributed by atoms with E-state index in [2.05, 4.69) is 11.9 Å². The van der Waals surface area contributed by atoms with Crippen LogP contribution >= 0.6 is 0 Å². The summed E-state index contributed by atoms with van der Waals surface area (Å²) in [6, 6.07) is 5.79. The summed E-state index contributed by atoms with van der Waals surface area (Å²) in [5, 5.41) is 41.5. The van der Waals surface area contributed by atoms with Crippen LogP contribution in [0.15, 0.2) is 36.9 Å². The van der Waals surface area contributed by atoms with Crippen molar-refractivity contribution in [1.29, 1.82) is 0 Å². The van der Waals surface area contributed by atoms with Crippen LogP contribution in [0.1, 0.15) is 15.9 Å². The molecule has 0 radical (unpaired) electrons. The number of aliphatic hydroxyl groups is 4. The molecule has 0 amide bonds. The second-order valence-electron chi connectivity index (χ2n) is 5.45. The maximum atomic E-state index is 11.6. The van der Waals surface area contributed by atoms with Gasteiger partial charge in [0, 0.05) is 6.54 Å². The molecular formula is C16H21NO6. The molecule has 1 aliphatic rings. The first-order chi connectivity index (χ1) is 11.0. The number of ether oxygens (including phenoxy) is 1. The number of nitrogens with one attached hydrogen (secondary N) is 1. The summed E-state index contributed by atoms with van der Waals surface area (Å²) in [6.07, 6.45) is -3.80. The van der Waals surface area contributed by atoms with Crippen molar-refractivity contribution in [2.24, 2.45) is 0 Å². The van der Waals surface area contributed by atoms with Gasteiger partial charge in [-0.1, -0.05) is 24.8 Å². The lowest BCUT2D eigenvalue weighted by molar-refractivity contribution is -0.0413. The van der Waals surface area contributed by atoms with Gasteiger partial charge in [-0.15, -0.1) is 0 Å². The summed E-state index contributed by atoms with van der Waals surface area (Å²) < 4.78 is 4.92. The van der Waals surface area contributed by atoms with Crippen molar-refractivity contribution in [2.45, 2.75) is 37.0 Å². The van der Waals surface area contributed by atoms with Gasteiger partial charge in [0.1, 0.15) is 31.0 Å². The molecule has 2 rings (SSSR count). The van der Waals surface area contributed by atoms with Crippen LogP contribution in [0, 0.1) is 0 Å². The van der Waals surface area contributed by atoms with Crippen molar-refractivity contribution in [1.82, 2.24) is 5.32 Å². The normalized spacial score (nSPS) is 30.2. The van der Waals surface area contributed by atoms with E-state index in [0.29, 0.717) is 12.1 Å². The van der Waals surface area contributed by atoms with Crippen LogP contribution in [0.3, 0.4) is 0 Å². The van der Waals surface area contributed by atoms with Crippen molar-refractivity contribution in [3.05, 3.63) is 48.0 Å². The fourth-order valence-electron chi connectivity index (χ4n) is 2.48. The Morgan fingerprint density at radius 2 is 1.65 bits per heavy atom. The molecule has 126 valence electrons. The predicted octanol–water partition coefficient (Wildman–Crippen LogP) is -1.06. The van der Waals surface area contributed by atoms with Crippen molar-refractivity contribution < 1.29 is 30.0 Å². The fraction of sp³-hybridized carbons (Fsp3) is 0.438. The monoisotopic (exact) mass is 323 g/mol. The van der Waals surface area contributed by atoms with Gasteiger partial charge in [-0.25, -0.2) is 4.79 Å². The Morgan fingerprint density at radius 3 is 2.17 bits per heavy atom. The SMILES string of the molecule is C=CCOC(=O)c1ccc(CNC2[C@@H](O)[C@@H](O)[C@@H](O)[C@H]2O)cc1. The van der Waals surface area contributed by atoms with Gasteiger partial charge in [0.05, 0.1) is 11.6 Å². The number of esters is 1. The molecule has 0 saturated heterocycles. The lowest BCUT2D eigenvalue weighted by Crippen LogP contribution is -2.44. The number of benzene rings is 1. The molecule has 7 heteroatoms. The Labute approximate surface area is 133 Å². The minimum Gasteiger partial charge on any atom is -0.458 e. The maximum absolute atomic E-state index is 11.6. The first-order valence-corrected chi connectivity index (χ1v) is 7.28. The van der Waals surface area contributed by atoms with E-state index in [1.54, 1.807) is 24.3 Å². The predicted molar refractivity (Wildman–Crippen MR) is 81.6 cm³/mol. The molecule has 0 bridgehead atoms. The first kappa shape index (κ1) is 17.6. The van der Waals surface area contributed by atoms with Gasteiger partial charge >= 0.3 is 5.97 Å². The highest BCUT2D eigenvalue weighted by atomic mass is 16.5. The summed E-state index contributed by atoms with van der Waals surface area (Å²) in [4.78, 5) is 11.6. The fourth-order valence-corrected chi connectivity index (χ4v) is 2.48. The van der Waals surface area contributed by atoms with Crippen LogP contribution < -0.4 is 5.32 Å². The van der Waals surface area contributed by atoms with Gasteiger partial charge in [-0.2, -0.15) is 0 Å². The molecule has 5 atom stereocenters. The smallest absolute Gasteiger partial charge is 0.338 e. The maximum Gasteiger partial charge on any atom is 0.338 e. The summed E-state index contributed by atoms with van der Waals surface area (Å²) >= 11 is 0. The van der Waals surface area contributed by atoms with Crippen LogP contribution in [0.4, 0.5) is 0 Å². The number of aliphatic hydroxyl groups excluding tert-OH is 4. The standard InChI is InChI=1S/C16H21NO6/c1-2-7-23-16(22)10-5-3-9(4-6-10)8-17-11-12(18)14(20)15(21)13(11)19/h2-6,11-15,17-21H,1,7-8H2/t11?,12-,13+,14-,15+. The van der Waals surface area contributed by atoms with E-state index in [-0.39, 0.29) is 6.61 Å². The van der Waals surface area contributed by atoms with E-state index < -0.39 is 36.4 Å². The quantitative estimate of drug-likeness (QED) is 0.334. The summed E-state index contributed by atoms with van der Waals surface area (Å²) in [6.45, 7) is 3.90. The van der Waals surface area contributed by atoms with Crippen LogP contribution in [-0.4, -0.2) is 63.5 Å². The zero-order chi connectivity index (χ0) is 17.0. The zero-order valence-electron chi connectivity index (χ0n) is 12.5. The highest BCUT2D eigenvalue weighted by molar-refractivity contribution is 5.89. The third-order valence-corrected chi connectivity index (χ3v) is 3.85. The summed E-state index contributed by atoms with van der Waals surface area (Å²) in [5.41, 5.74) is 1.21. The molecule has 1 aliphatic carbocycles. The molecule has 7 nitrogen and oxygen atoms in total. The molecule has 0 aromatic heterocycles. The Hall–Kier alpha value is -1.77. The third-order valence-electron chi connectivity index (χ3n) is 3.85. The molecule has 1 fully saturated rings. The highest BCUT2D eigenvalue weighted by Gasteiger charge is 2.47. The van der Waals surface area contributed by atoms with Crippen LogP contribution in [-0.2, 0) is 11.3 Å². The minimum atomic E-state index is -1.38. The third kappa shape index (κ3) is 3.95. The number of carbonyl (C=O) groups excluding carboxylic acids is 1.